The molecule has 5 rings (SSSR count). The molecule has 1 saturated heterocycles. The Morgan fingerprint density at radius 2 is 1.81 bits per heavy atom. The zero-order chi connectivity index (χ0) is 25.4. The zero-order valence-electron chi connectivity index (χ0n) is 20.6. The smallest absolute Gasteiger partial charge is 0.270 e. The lowest BCUT2D eigenvalue weighted by Gasteiger charge is -2.36. The van der Waals surface area contributed by atoms with Crippen LogP contribution in [0.4, 0.5) is 10.1 Å². The van der Waals surface area contributed by atoms with Crippen LogP contribution >= 0.6 is 0 Å². The fourth-order valence-corrected chi connectivity index (χ4v) is 4.88. The minimum Gasteiger partial charge on any atom is -0.495 e. The Labute approximate surface area is 208 Å². The van der Waals surface area contributed by atoms with Crippen molar-refractivity contribution in [2.75, 3.05) is 38.2 Å². The summed E-state index contributed by atoms with van der Waals surface area (Å²) < 4.78 is 21.0. The third-order valence-corrected chi connectivity index (χ3v) is 6.84. The number of carbonyl (C=O) groups excluding carboxylic acids is 1. The fraction of sp³-hybridized carbons (Fsp3) is 0.286. The molecule has 0 saturated carbocycles. The van der Waals surface area contributed by atoms with Crippen LogP contribution in [0.5, 0.6) is 5.75 Å². The maximum atomic E-state index is 15.5. The van der Waals surface area contributed by atoms with Crippen LogP contribution in [0.25, 0.3) is 22.0 Å². The number of piperazine rings is 1. The minimum absolute atomic E-state index is 0.0959. The van der Waals surface area contributed by atoms with Crippen molar-refractivity contribution in [3.63, 3.8) is 0 Å². The first kappa shape index (κ1) is 23.7. The van der Waals surface area contributed by atoms with E-state index in [0.29, 0.717) is 53.9 Å². The number of para-hydroxylation sites is 2. The van der Waals surface area contributed by atoms with E-state index in [0.717, 1.165) is 11.4 Å². The van der Waals surface area contributed by atoms with Crippen LogP contribution in [0, 0.1) is 5.82 Å². The average molecular weight is 489 g/mol. The van der Waals surface area contributed by atoms with Gasteiger partial charge in [0.15, 0.2) is 11.2 Å². The van der Waals surface area contributed by atoms with Gasteiger partial charge in [0.25, 0.3) is 5.91 Å². The molecule has 1 amide bonds. The normalized spacial score (nSPS) is 14.0. The minimum atomic E-state index is -0.392. The number of carbonyl (C=O) groups is 1. The summed E-state index contributed by atoms with van der Waals surface area (Å²) in [6, 6.07) is 12.7. The lowest BCUT2D eigenvalue weighted by atomic mass is 9.94. The number of aromatic amines is 2. The van der Waals surface area contributed by atoms with E-state index in [2.05, 4.69) is 14.9 Å². The van der Waals surface area contributed by atoms with Crippen molar-refractivity contribution in [2.24, 2.45) is 0 Å². The van der Waals surface area contributed by atoms with Crippen LogP contribution in [-0.4, -0.2) is 54.1 Å². The summed E-state index contributed by atoms with van der Waals surface area (Å²) in [5, 5.41) is 0.518. The molecule has 1 aliphatic heterocycles. The molecule has 1 aliphatic rings. The monoisotopic (exact) mass is 488 g/mol. The predicted molar refractivity (Wildman–Crippen MR) is 140 cm³/mol. The van der Waals surface area contributed by atoms with E-state index in [1.54, 1.807) is 36.5 Å². The summed E-state index contributed by atoms with van der Waals surface area (Å²) in [7, 11) is 1.65. The number of aromatic nitrogens is 2. The van der Waals surface area contributed by atoms with E-state index >= 15 is 4.39 Å². The number of hydrogen-bond donors (Lipinski definition) is 2. The molecule has 0 atom stereocenters. The van der Waals surface area contributed by atoms with Crippen molar-refractivity contribution in [3.05, 3.63) is 82.2 Å². The molecule has 2 aromatic heterocycles. The number of methoxy groups -OCH3 is 1. The molecular weight excluding hydrogens is 459 g/mol. The first-order valence-electron chi connectivity index (χ1n) is 12.1. The van der Waals surface area contributed by atoms with Gasteiger partial charge in [0.2, 0.25) is 0 Å². The van der Waals surface area contributed by atoms with E-state index in [-0.39, 0.29) is 22.8 Å². The summed E-state index contributed by atoms with van der Waals surface area (Å²) in [4.78, 5) is 36.0. The SMILES string of the molecule is COc1ccccc1N1CCN(C(=O)c2cc3c(-c4c[nH]ccc4=O)cc(C(C)C)c(F)c3[nH]2)CC1. The largest absolute Gasteiger partial charge is 0.495 e. The van der Waals surface area contributed by atoms with Crippen LogP contribution in [0.15, 0.2) is 59.7 Å². The van der Waals surface area contributed by atoms with Gasteiger partial charge in [-0.05, 0) is 41.3 Å². The van der Waals surface area contributed by atoms with Gasteiger partial charge >= 0.3 is 0 Å². The molecule has 0 radical (unpaired) electrons. The molecule has 0 bridgehead atoms. The van der Waals surface area contributed by atoms with Crippen LogP contribution in [0.1, 0.15) is 35.8 Å². The Morgan fingerprint density at radius 3 is 2.50 bits per heavy atom. The summed E-state index contributed by atoms with van der Waals surface area (Å²) >= 11 is 0. The average Bonchev–Trinajstić information content (AvgIpc) is 3.35. The van der Waals surface area contributed by atoms with Gasteiger partial charge in [-0.25, -0.2) is 4.39 Å². The molecule has 186 valence electrons. The van der Waals surface area contributed by atoms with Gasteiger partial charge in [0.1, 0.15) is 11.4 Å². The highest BCUT2D eigenvalue weighted by Gasteiger charge is 2.26. The molecule has 0 aliphatic carbocycles. The van der Waals surface area contributed by atoms with E-state index in [4.69, 9.17) is 4.74 Å². The first-order valence-corrected chi connectivity index (χ1v) is 12.1. The molecule has 3 heterocycles. The lowest BCUT2D eigenvalue weighted by molar-refractivity contribution is 0.0741. The fourth-order valence-electron chi connectivity index (χ4n) is 4.88. The topological polar surface area (TPSA) is 81.4 Å². The molecule has 8 heteroatoms. The summed E-state index contributed by atoms with van der Waals surface area (Å²) in [5.74, 6) is 0.120. The standard InChI is InChI=1S/C28H29FN4O3/c1-17(2)18-14-19(21-16-30-9-8-24(21)34)20-15-22(31-27(20)26(18)29)28(35)33-12-10-32(11-13-33)23-6-4-5-7-25(23)36-3/h4-9,14-17,31H,10-13H2,1-3H3,(H,30,34). The Kier molecular flexibility index (Phi) is 6.26. The van der Waals surface area contributed by atoms with Gasteiger partial charge in [0, 0.05) is 55.6 Å². The number of pyridine rings is 1. The third-order valence-electron chi connectivity index (χ3n) is 6.84. The number of nitrogens with one attached hydrogen (secondary N) is 2. The number of ether oxygens (including phenoxy) is 1. The van der Waals surface area contributed by atoms with E-state index in [1.807, 2.05) is 38.1 Å². The number of halogens is 1. The quantitative estimate of drug-likeness (QED) is 0.425. The number of H-pyrrole nitrogens is 2. The third kappa shape index (κ3) is 4.12. The Hall–Kier alpha value is -4.07. The molecule has 7 nitrogen and oxygen atoms in total. The van der Waals surface area contributed by atoms with Crippen molar-refractivity contribution < 1.29 is 13.9 Å². The second-order valence-corrected chi connectivity index (χ2v) is 9.33. The van der Waals surface area contributed by atoms with Crippen molar-refractivity contribution >= 4 is 22.5 Å². The van der Waals surface area contributed by atoms with Crippen LogP contribution in [0.2, 0.25) is 0 Å². The van der Waals surface area contributed by atoms with Gasteiger partial charge in [-0.3, -0.25) is 9.59 Å². The second-order valence-electron chi connectivity index (χ2n) is 9.33. The van der Waals surface area contributed by atoms with Crippen molar-refractivity contribution in [1.82, 2.24) is 14.9 Å². The van der Waals surface area contributed by atoms with Crippen LogP contribution in [0.3, 0.4) is 0 Å². The summed E-state index contributed by atoms with van der Waals surface area (Å²) in [6.07, 6.45) is 3.18. The number of anilines is 1. The molecule has 2 N–H and O–H groups in total. The van der Waals surface area contributed by atoms with E-state index in [9.17, 15) is 9.59 Å². The number of hydrogen-bond acceptors (Lipinski definition) is 4. The molecule has 0 unspecified atom stereocenters. The Balaban J connectivity index is 1.47. The Bertz CT molecular complexity index is 1480. The first-order chi connectivity index (χ1) is 17.4. The van der Waals surface area contributed by atoms with Crippen LogP contribution < -0.4 is 15.1 Å². The predicted octanol–water partition coefficient (Wildman–Crippen LogP) is 4.76. The second kappa shape index (κ2) is 9.53. The number of rotatable bonds is 5. The van der Waals surface area contributed by atoms with Crippen LogP contribution in [-0.2, 0) is 0 Å². The lowest BCUT2D eigenvalue weighted by Crippen LogP contribution is -2.49. The van der Waals surface area contributed by atoms with Crippen molar-refractivity contribution in [3.8, 4) is 16.9 Å². The summed E-state index contributed by atoms with van der Waals surface area (Å²) in [5.41, 5.74) is 2.92. The number of fused-ring (bicyclic) bond motifs is 1. The number of amides is 1. The van der Waals surface area contributed by atoms with E-state index < -0.39 is 5.82 Å². The zero-order valence-corrected chi connectivity index (χ0v) is 20.6. The van der Waals surface area contributed by atoms with Gasteiger partial charge in [-0.2, -0.15) is 0 Å². The van der Waals surface area contributed by atoms with Gasteiger partial charge in [-0.15, -0.1) is 0 Å². The maximum Gasteiger partial charge on any atom is 0.270 e. The molecule has 0 spiro atoms. The highest BCUT2D eigenvalue weighted by Crippen LogP contribution is 2.35. The van der Waals surface area contributed by atoms with Gasteiger partial charge in [0.05, 0.1) is 18.3 Å². The maximum absolute atomic E-state index is 15.5. The van der Waals surface area contributed by atoms with E-state index in [1.165, 1.54) is 6.07 Å². The number of nitrogens with zero attached hydrogens (tertiary/aromatic N) is 2. The Morgan fingerprint density at radius 1 is 1.06 bits per heavy atom. The molecular formula is C28H29FN4O3. The van der Waals surface area contributed by atoms with Crippen molar-refractivity contribution in [2.45, 2.75) is 19.8 Å². The molecule has 36 heavy (non-hydrogen) atoms. The molecule has 2 aromatic carbocycles. The molecule has 1 fully saturated rings. The van der Waals surface area contributed by atoms with Gasteiger partial charge < -0.3 is 24.5 Å². The highest BCUT2D eigenvalue weighted by atomic mass is 19.1. The van der Waals surface area contributed by atoms with Gasteiger partial charge in [-0.1, -0.05) is 26.0 Å². The van der Waals surface area contributed by atoms with Crippen molar-refractivity contribution in [1.29, 1.82) is 0 Å². The number of benzene rings is 2. The summed E-state index contributed by atoms with van der Waals surface area (Å²) in [6.45, 7) is 6.17. The highest BCUT2D eigenvalue weighted by molar-refractivity contribution is 6.03. The molecule has 4 aromatic rings.